The second-order valence-corrected chi connectivity index (χ2v) is 5.22. The minimum atomic E-state index is -0.454. The maximum atomic E-state index is 12.3. The fraction of sp³-hybridized carbons (Fsp3) is 0.333. The number of carbonyl (C=O) groups excluding carboxylic acids is 2. The summed E-state index contributed by atoms with van der Waals surface area (Å²) in [6, 6.07) is 3.18. The zero-order valence-corrected chi connectivity index (χ0v) is 12.5. The maximum absolute atomic E-state index is 12.3. The Labute approximate surface area is 128 Å². The number of amides is 2. The minimum absolute atomic E-state index is 0.00558. The summed E-state index contributed by atoms with van der Waals surface area (Å²) in [5.74, 6) is -0.614. The van der Waals surface area contributed by atoms with Crippen LogP contribution < -0.4 is 4.90 Å². The van der Waals surface area contributed by atoms with Gasteiger partial charge in [-0.2, -0.15) is 0 Å². The van der Waals surface area contributed by atoms with Crippen molar-refractivity contribution in [2.75, 3.05) is 25.0 Å². The van der Waals surface area contributed by atoms with Crippen molar-refractivity contribution in [1.29, 1.82) is 0 Å². The van der Waals surface area contributed by atoms with Crippen LogP contribution in [-0.4, -0.2) is 41.8 Å². The summed E-state index contributed by atoms with van der Waals surface area (Å²) in [4.78, 5) is 37.1. The molecule has 0 aromatic heterocycles. The standard InChI is InChI=1S/C15H17N3O4/c1-4-14(19)16(3)9-15(20)17-6-5-11-7-10(2)12(18(21)22)8-13(11)17/h4,7-8H,1,5-6,9H2,2-3H3. The van der Waals surface area contributed by atoms with Crippen LogP contribution in [0.5, 0.6) is 0 Å². The highest BCUT2D eigenvalue weighted by atomic mass is 16.6. The first-order chi connectivity index (χ1) is 10.3. The lowest BCUT2D eigenvalue weighted by molar-refractivity contribution is -0.385. The molecule has 0 atom stereocenters. The summed E-state index contributed by atoms with van der Waals surface area (Å²) in [5, 5.41) is 11.0. The van der Waals surface area contributed by atoms with Crippen LogP contribution in [0.3, 0.4) is 0 Å². The Bertz CT molecular complexity index is 669. The largest absolute Gasteiger partial charge is 0.333 e. The number of carbonyl (C=O) groups is 2. The van der Waals surface area contributed by atoms with Crippen LogP contribution in [0.25, 0.3) is 0 Å². The van der Waals surface area contributed by atoms with Gasteiger partial charge in [0.25, 0.3) is 5.69 Å². The predicted molar refractivity (Wildman–Crippen MR) is 81.7 cm³/mol. The van der Waals surface area contributed by atoms with E-state index < -0.39 is 4.92 Å². The summed E-state index contributed by atoms with van der Waals surface area (Å²) in [7, 11) is 1.51. The van der Waals surface area contributed by atoms with Crippen LogP contribution in [0.1, 0.15) is 11.1 Å². The topological polar surface area (TPSA) is 83.8 Å². The first-order valence-electron chi connectivity index (χ1n) is 6.81. The van der Waals surface area contributed by atoms with Crippen molar-refractivity contribution < 1.29 is 14.5 Å². The smallest absolute Gasteiger partial charge is 0.274 e. The fourth-order valence-electron chi connectivity index (χ4n) is 2.53. The molecule has 0 unspecified atom stereocenters. The van der Waals surface area contributed by atoms with Crippen LogP contribution in [0.2, 0.25) is 0 Å². The van der Waals surface area contributed by atoms with E-state index in [4.69, 9.17) is 0 Å². The second kappa shape index (κ2) is 5.97. The van der Waals surface area contributed by atoms with Crippen LogP contribution in [-0.2, 0) is 16.0 Å². The first-order valence-corrected chi connectivity index (χ1v) is 6.81. The van der Waals surface area contributed by atoms with E-state index in [1.54, 1.807) is 13.0 Å². The minimum Gasteiger partial charge on any atom is -0.333 e. The molecule has 1 heterocycles. The molecule has 1 aliphatic heterocycles. The van der Waals surface area contributed by atoms with Gasteiger partial charge in [0.15, 0.2) is 0 Å². The third-order valence-corrected chi connectivity index (χ3v) is 3.71. The first kappa shape index (κ1) is 15.7. The summed E-state index contributed by atoms with van der Waals surface area (Å²) in [6.45, 7) is 5.42. The molecular formula is C15H17N3O4. The quantitative estimate of drug-likeness (QED) is 0.478. The molecule has 116 valence electrons. The Balaban J connectivity index is 2.26. The van der Waals surface area contributed by atoms with E-state index in [0.717, 1.165) is 11.6 Å². The van der Waals surface area contributed by atoms with E-state index in [1.807, 2.05) is 0 Å². The zero-order chi connectivity index (χ0) is 16.4. The molecule has 0 saturated heterocycles. The molecule has 1 aromatic carbocycles. The van der Waals surface area contributed by atoms with Crippen LogP contribution >= 0.6 is 0 Å². The molecule has 1 aromatic rings. The normalized spacial score (nSPS) is 12.7. The van der Waals surface area contributed by atoms with Crippen molar-refractivity contribution in [2.45, 2.75) is 13.3 Å². The molecule has 7 nitrogen and oxygen atoms in total. The van der Waals surface area contributed by atoms with E-state index in [2.05, 4.69) is 6.58 Å². The van der Waals surface area contributed by atoms with Gasteiger partial charge in [0.2, 0.25) is 11.8 Å². The number of fused-ring (bicyclic) bond motifs is 1. The maximum Gasteiger partial charge on any atom is 0.274 e. The van der Waals surface area contributed by atoms with Gasteiger partial charge in [-0.05, 0) is 31.1 Å². The van der Waals surface area contributed by atoms with Crippen molar-refractivity contribution in [3.63, 3.8) is 0 Å². The number of aryl methyl sites for hydroxylation is 1. The lowest BCUT2D eigenvalue weighted by atomic mass is 10.1. The van der Waals surface area contributed by atoms with E-state index in [0.29, 0.717) is 24.2 Å². The number of nitro groups is 1. The second-order valence-electron chi connectivity index (χ2n) is 5.22. The van der Waals surface area contributed by atoms with Crippen molar-refractivity contribution in [2.24, 2.45) is 0 Å². The molecule has 0 bridgehead atoms. The number of nitro benzene ring substituents is 1. The Hall–Kier alpha value is -2.70. The lowest BCUT2D eigenvalue weighted by Crippen LogP contribution is -2.40. The van der Waals surface area contributed by atoms with Gasteiger partial charge < -0.3 is 9.80 Å². The molecule has 2 rings (SSSR count). The Morgan fingerprint density at radius 2 is 2.18 bits per heavy atom. The molecule has 7 heteroatoms. The third kappa shape index (κ3) is 2.83. The van der Waals surface area contributed by atoms with E-state index in [9.17, 15) is 19.7 Å². The number of anilines is 1. The van der Waals surface area contributed by atoms with Crippen LogP contribution in [0, 0.1) is 17.0 Å². The lowest BCUT2D eigenvalue weighted by Gasteiger charge is -2.21. The molecule has 0 radical (unpaired) electrons. The predicted octanol–water partition coefficient (Wildman–Crippen LogP) is 1.44. The van der Waals surface area contributed by atoms with Crippen LogP contribution in [0.15, 0.2) is 24.8 Å². The molecule has 0 fully saturated rings. The number of hydrogen-bond acceptors (Lipinski definition) is 4. The number of likely N-dealkylation sites (N-methyl/N-ethyl adjacent to an activating group) is 1. The number of rotatable bonds is 4. The Kier molecular flexibility index (Phi) is 4.25. The van der Waals surface area contributed by atoms with E-state index in [-0.39, 0.29) is 24.0 Å². The third-order valence-electron chi connectivity index (χ3n) is 3.71. The molecular weight excluding hydrogens is 286 g/mol. The van der Waals surface area contributed by atoms with Gasteiger partial charge in [0.1, 0.15) is 6.54 Å². The van der Waals surface area contributed by atoms with Gasteiger partial charge in [-0.1, -0.05) is 6.58 Å². The molecule has 0 spiro atoms. The highest BCUT2D eigenvalue weighted by molar-refractivity contribution is 5.99. The van der Waals surface area contributed by atoms with Gasteiger partial charge in [0.05, 0.1) is 10.6 Å². The zero-order valence-electron chi connectivity index (χ0n) is 12.5. The number of nitrogens with zero attached hydrogens (tertiary/aromatic N) is 3. The summed E-state index contributed by atoms with van der Waals surface area (Å²) in [5.41, 5.74) is 2.04. The summed E-state index contributed by atoms with van der Waals surface area (Å²) < 4.78 is 0. The fourth-order valence-corrected chi connectivity index (χ4v) is 2.53. The van der Waals surface area contributed by atoms with Gasteiger partial charge in [0, 0.05) is 25.2 Å². The SMILES string of the molecule is C=CC(=O)N(C)CC(=O)N1CCc2cc(C)c([N+](=O)[O-])cc21. The molecule has 0 N–H and O–H groups in total. The summed E-state index contributed by atoms with van der Waals surface area (Å²) in [6.07, 6.45) is 1.79. The highest BCUT2D eigenvalue weighted by Crippen LogP contribution is 2.34. The monoisotopic (exact) mass is 303 g/mol. The molecule has 0 aliphatic carbocycles. The molecule has 1 aliphatic rings. The van der Waals surface area contributed by atoms with Crippen molar-refractivity contribution in [3.8, 4) is 0 Å². The van der Waals surface area contributed by atoms with Crippen molar-refractivity contribution in [1.82, 2.24) is 4.90 Å². The van der Waals surface area contributed by atoms with Gasteiger partial charge in [-0.3, -0.25) is 19.7 Å². The van der Waals surface area contributed by atoms with Crippen molar-refractivity contribution >= 4 is 23.2 Å². The van der Waals surface area contributed by atoms with Gasteiger partial charge >= 0.3 is 0 Å². The summed E-state index contributed by atoms with van der Waals surface area (Å²) >= 11 is 0. The molecule has 0 saturated carbocycles. The Morgan fingerprint density at radius 1 is 1.50 bits per heavy atom. The molecule has 22 heavy (non-hydrogen) atoms. The van der Waals surface area contributed by atoms with Crippen molar-refractivity contribution in [3.05, 3.63) is 46.0 Å². The Morgan fingerprint density at radius 3 is 2.77 bits per heavy atom. The van der Waals surface area contributed by atoms with Gasteiger partial charge in [-0.25, -0.2) is 0 Å². The van der Waals surface area contributed by atoms with Gasteiger partial charge in [-0.15, -0.1) is 0 Å². The highest BCUT2D eigenvalue weighted by Gasteiger charge is 2.28. The average molecular weight is 303 g/mol. The van der Waals surface area contributed by atoms with Crippen LogP contribution in [0.4, 0.5) is 11.4 Å². The molecule has 2 amide bonds. The number of hydrogen-bond donors (Lipinski definition) is 0. The average Bonchev–Trinajstić information content (AvgIpc) is 2.87. The number of benzene rings is 1. The van der Waals surface area contributed by atoms with E-state index >= 15 is 0 Å². The van der Waals surface area contributed by atoms with E-state index in [1.165, 1.54) is 22.9 Å².